The molecule has 2 N–H and O–H groups in total. The molecule has 0 atom stereocenters. The summed E-state index contributed by atoms with van der Waals surface area (Å²) in [7, 11) is 0. The van der Waals surface area contributed by atoms with E-state index in [0.29, 0.717) is 16.4 Å². The predicted molar refractivity (Wildman–Crippen MR) is 43.8 cm³/mol. The Balaban J connectivity index is 3.19. The lowest BCUT2D eigenvalue weighted by atomic mass is 10.3. The van der Waals surface area contributed by atoms with E-state index in [9.17, 15) is 0 Å². The molecule has 1 aromatic heterocycles. The number of halogens is 1. The van der Waals surface area contributed by atoms with Gasteiger partial charge >= 0.3 is 0 Å². The summed E-state index contributed by atoms with van der Waals surface area (Å²) in [6.07, 6.45) is 3.13. The van der Waals surface area contributed by atoms with Gasteiger partial charge in [0, 0.05) is 6.20 Å². The first-order chi connectivity index (χ1) is 4.74. The van der Waals surface area contributed by atoms with Crippen LogP contribution in [0.15, 0.2) is 18.8 Å². The molecule has 2 nitrogen and oxygen atoms in total. The second-order valence-electron chi connectivity index (χ2n) is 1.83. The van der Waals surface area contributed by atoms with E-state index in [1.807, 2.05) is 0 Å². The smallest absolute Gasteiger partial charge is 0.0854 e. The predicted octanol–water partition coefficient (Wildman–Crippen LogP) is 1.96. The standard InChI is InChI=1S/C7H7ClN2/c1-2-7-6(9)3-5(8)4-10-7/h2-4H,1,9H2. The summed E-state index contributed by atoms with van der Waals surface area (Å²) in [5, 5.41) is 0.545. The van der Waals surface area contributed by atoms with Crippen molar-refractivity contribution < 1.29 is 0 Å². The van der Waals surface area contributed by atoms with E-state index in [0.717, 1.165) is 0 Å². The van der Waals surface area contributed by atoms with Gasteiger partial charge in [0.25, 0.3) is 0 Å². The number of hydrogen-bond donors (Lipinski definition) is 1. The molecule has 1 heterocycles. The van der Waals surface area contributed by atoms with Crippen LogP contribution in [0.4, 0.5) is 5.69 Å². The maximum atomic E-state index is 5.60. The largest absolute Gasteiger partial charge is 0.397 e. The molecule has 0 bridgehead atoms. The van der Waals surface area contributed by atoms with E-state index in [2.05, 4.69) is 11.6 Å². The highest BCUT2D eigenvalue weighted by atomic mass is 35.5. The monoisotopic (exact) mass is 154 g/mol. The van der Waals surface area contributed by atoms with E-state index in [1.165, 1.54) is 6.20 Å². The number of aromatic nitrogens is 1. The molecule has 0 saturated carbocycles. The van der Waals surface area contributed by atoms with Gasteiger partial charge in [-0.15, -0.1) is 0 Å². The van der Waals surface area contributed by atoms with Gasteiger partial charge in [0.15, 0.2) is 0 Å². The van der Waals surface area contributed by atoms with Gasteiger partial charge in [-0.25, -0.2) is 0 Å². The third-order valence-electron chi connectivity index (χ3n) is 1.11. The van der Waals surface area contributed by atoms with E-state index >= 15 is 0 Å². The van der Waals surface area contributed by atoms with Gasteiger partial charge in [0.2, 0.25) is 0 Å². The summed E-state index contributed by atoms with van der Waals surface area (Å²) in [5.41, 5.74) is 6.74. The van der Waals surface area contributed by atoms with Crippen molar-refractivity contribution in [1.29, 1.82) is 0 Å². The average Bonchev–Trinajstić information content (AvgIpc) is 1.88. The fraction of sp³-hybridized carbons (Fsp3) is 0. The highest BCUT2D eigenvalue weighted by Gasteiger charge is 1.95. The lowest BCUT2D eigenvalue weighted by Gasteiger charge is -1.97. The van der Waals surface area contributed by atoms with Gasteiger partial charge in [0.05, 0.1) is 16.4 Å². The zero-order chi connectivity index (χ0) is 7.56. The van der Waals surface area contributed by atoms with Crippen LogP contribution in [0.25, 0.3) is 6.08 Å². The Morgan fingerprint density at radius 1 is 1.70 bits per heavy atom. The molecule has 10 heavy (non-hydrogen) atoms. The molecule has 0 aliphatic heterocycles. The van der Waals surface area contributed by atoms with Crippen LogP contribution in [0.3, 0.4) is 0 Å². The van der Waals surface area contributed by atoms with Gasteiger partial charge in [-0.05, 0) is 12.1 Å². The Kier molecular flexibility index (Phi) is 1.92. The molecule has 3 heteroatoms. The van der Waals surface area contributed by atoms with Gasteiger partial charge in [-0.2, -0.15) is 0 Å². The SMILES string of the molecule is C=Cc1ncc(Cl)cc1N. The van der Waals surface area contributed by atoms with Crippen molar-refractivity contribution in [3.63, 3.8) is 0 Å². The van der Waals surface area contributed by atoms with Crippen LogP contribution >= 0.6 is 11.6 Å². The van der Waals surface area contributed by atoms with Crippen LogP contribution in [0, 0.1) is 0 Å². The number of anilines is 1. The van der Waals surface area contributed by atoms with Crippen molar-refractivity contribution in [3.8, 4) is 0 Å². The normalized spacial score (nSPS) is 9.30. The summed E-state index contributed by atoms with van der Waals surface area (Å²) in [5.74, 6) is 0. The second-order valence-corrected chi connectivity index (χ2v) is 2.27. The van der Waals surface area contributed by atoms with Crippen molar-refractivity contribution in [3.05, 3.63) is 29.6 Å². The van der Waals surface area contributed by atoms with E-state index < -0.39 is 0 Å². The van der Waals surface area contributed by atoms with Crippen LogP contribution in [0.1, 0.15) is 5.69 Å². The van der Waals surface area contributed by atoms with Crippen LogP contribution in [0.5, 0.6) is 0 Å². The molecule has 0 aromatic carbocycles. The molecule has 52 valence electrons. The highest BCUT2D eigenvalue weighted by Crippen LogP contribution is 2.15. The first kappa shape index (κ1) is 7.09. The minimum Gasteiger partial charge on any atom is -0.397 e. The third kappa shape index (κ3) is 1.28. The fourth-order valence-corrected chi connectivity index (χ4v) is 0.802. The zero-order valence-corrected chi connectivity index (χ0v) is 6.10. The maximum absolute atomic E-state index is 5.60. The average molecular weight is 155 g/mol. The van der Waals surface area contributed by atoms with Crippen molar-refractivity contribution in [2.24, 2.45) is 0 Å². The highest BCUT2D eigenvalue weighted by molar-refractivity contribution is 6.30. The van der Waals surface area contributed by atoms with Gasteiger partial charge in [-0.1, -0.05) is 18.2 Å². The first-order valence-corrected chi connectivity index (χ1v) is 3.15. The van der Waals surface area contributed by atoms with E-state index in [1.54, 1.807) is 12.1 Å². The summed E-state index contributed by atoms with van der Waals surface area (Å²) in [4.78, 5) is 3.92. The molecule has 0 aliphatic carbocycles. The number of nitrogen functional groups attached to an aromatic ring is 1. The maximum Gasteiger partial charge on any atom is 0.0854 e. The molecule has 0 unspecified atom stereocenters. The number of rotatable bonds is 1. The molecular weight excluding hydrogens is 148 g/mol. The lowest BCUT2D eigenvalue weighted by molar-refractivity contribution is 1.30. The van der Waals surface area contributed by atoms with Gasteiger partial charge < -0.3 is 5.73 Å². The van der Waals surface area contributed by atoms with Crippen LogP contribution < -0.4 is 5.73 Å². The Hall–Kier alpha value is -1.02. The Morgan fingerprint density at radius 3 is 2.90 bits per heavy atom. The second kappa shape index (κ2) is 2.71. The molecule has 0 fully saturated rings. The van der Waals surface area contributed by atoms with Crippen molar-refractivity contribution in [1.82, 2.24) is 4.98 Å². The van der Waals surface area contributed by atoms with Crippen LogP contribution in [0.2, 0.25) is 5.02 Å². The molecular formula is C7H7ClN2. The van der Waals surface area contributed by atoms with Crippen molar-refractivity contribution in [2.45, 2.75) is 0 Å². The fourth-order valence-electron chi connectivity index (χ4n) is 0.636. The van der Waals surface area contributed by atoms with Crippen molar-refractivity contribution >= 4 is 23.4 Å². The molecule has 0 amide bonds. The Labute approximate surface area is 64.3 Å². The van der Waals surface area contributed by atoms with E-state index in [-0.39, 0.29) is 0 Å². The number of pyridine rings is 1. The topological polar surface area (TPSA) is 38.9 Å². The minimum absolute atomic E-state index is 0.545. The molecule has 0 spiro atoms. The summed E-state index contributed by atoms with van der Waals surface area (Å²) >= 11 is 5.60. The van der Waals surface area contributed by atoms with Crippen LogP contribution in [-0.2, 0) is 0 Å². The molecule has 0 radical (unpaired) electrons. The number of hydrogen-bond acceptors (Lipinski definition) is 2. The molecule has 0 aliphatic rings. The van der Waals surface area contributed by atoms with Crippen LogP contribution in [-0.4, -0.2) is 4.98 Å². The molecule has 1 aromatic rings. The third-order valence-corrected chi connectivity index (χ3v) is 1.32. The Bertz CT molecular complexity index is 258. The van der Waals surface area contributed by atoms with Crippen molar-refractivity contribution in [2.75, 3.05) is 5.73 Å². The van der Waals surface area contributed by atoms with Gasteiger partial charge in [0.1, 0.15) is 0 Å². The first-order valence-electron chi connectivity index (χ1n) is 2.77. The summed E-state index contributed by atoms with van der Waals surface area (Å²) in [6, 6.07) is 1.64. The summed E-state index contributed by atoms with van der Waals surface area (Å²) in [6.45, 7) is 3.54. The van der Waals surface area contributed by atoms with Gasteiger partial charge in [-0.3, -0.25) is 4.98 Å². The van der Waals surface area contributed by atoms with E-state index in [4.69, 9.17) is 17.3 Å². The number of nitrogens with two attached hydrogens (primary N) is 1. The molecule has 0 saturated heterocycles. The summed E-state index contributed by atoms with van der Waals surface area (Å²) < 4.78 is 0. The lowest BCUT2D eigenvalue weighted by Crippen LogP contribution is -1.91. The minimum atomic E-state index is 0.545. The zero-order valence-electron chi connectivity index (χ0n) is 5.34. The Morgan fingerprint density at radius 2 is 2.40 bits per heavy atom. The quantitative estimate of drug-likeness (QED) is 0.672. The number of nitrogens with zero attached hydrogens (tertiary/aromatic N) is 1. The molecule has 1 rings (SSSR count).